The van der Waals surface area contributed by atoms with E-state index in [0.29, 0.717) is 18.0 Å². The normalized spacial score (nSPS) is 18.6. The molecule has 2 heterocycles. The van der Waals surface area contributed by atoms with Gasteiger partial charge in [0.15, 0.2) is 0 Å². The molecule has 0 aromatic carbocycles. The van der Waals surface area contributed by atoms with Crippen molar-refractivity contribution in [3.05, 3.63) is 18.3 Å². The van der Waals surface area contributed by atoms with Gasteiger partial charge in [0.25, 0.3) is 0 Å². The van der Waals surface area contributed by atoms with E-state index >= 15 is 0 Å². The Balaban J connectivity index is 1.75. The predicted molar refractivity (Wildman–Crippen MR) is 67.6 cm³/mol. The summed E-state index contributed by atoms with van der Waals surface area (Å²) in [6.07, 6.45) is 5.28. The maximum absolute atomic E-state index is 11.7. The third-order valence-corrected chi connectivity index (χ3v) is 2.95. The minimum Gasteiger partial charge on any atom is -0.481 e. The second-order valence-electron chi connectivity index (χ2n) is 4.31. The van der Waals surface area contributed by atoms with Crippen molar-refractivity contribution in [3.8, 4) is 5.88 Å². The smallest absolute Gasteiger partial charge is 0.224 e. The number of pyridine rings is 1. The van der Waals surface area contributed by atoms with Gasteiger partial charge in [0.1, 0.15) is 0 Å². The van der Waals surface area contributed by atoms with Gasteiger partial charge in [0, 0.05) is 19.1 Å². The summed E-state index contributed by atoms with van der Waals surface area (Å²) >= 11 is 0. The number of rotatable bonds is 5. The number of carbonyl (C=O) groups excluding carboxylic acids is 1. The van der Waals surface area contributed by atoms with Crippen LogP contribution in [0.2, 0.25) is 0 Å². The third-order valence-electron chi connectivity index (χ3n) is 2.95. The Morgan fingerprint density at radius 3 is 3.11 bits per heavy atom. The SMILES string of the molecule is COc1ccc(NC(=O)CCC2CCCO2)cn1. The molecule has 1 aromatic heterocycles. The molecule has 1 atom stereocenters. The molecule has 0 aliphatic carbocycles. The van der Waals surface area contributed by atoms with Crippen molar-refractivity contribution in [2.75, 3.05) is 19.0 Å². The van der Waals surface area contributed by atoms with Gasteiger partial charge in [-0.3, -0.25) is 4.79 Å². The third kappa shape index (κ3) is 3.70. The van der Waals surface area contributed by atoms with Crippen molar-refractivity contribution >= 4 is 11.6 Å². The summed E-state index contributed by atoms with van der Waals surface area (Å²) in [6.45, 7) is 0.828. The van der Waals surface area contributed by atoms with Gasteiger partial charge in [-0.15, -0.1) is 0 Å². The lowest BCUT2D eigenvalue weighted by atomic mass is 10.1. The molecule has 0 bridgehead atoms. The number of hydrogen-bond donors (Lipinski definition) is 1. The molecule has 5 heteroatoms. The van der Waals surface area contributed by atoms with Gasteiger partial charge in [-0.1, -0.05) is 0 Å². The molecule has 1 saturated heterocycles. The van der Waals surface area contributed by atoms with Crippen LogP contribution in [0.5, 0.6) is 5.88 Å². The van der Waals surface area contributed by atoms with E-state index in [4.69, 9.17) is 9.47 Å². The molecule has 1 fully saturated rings. The molecule has 1 unspecified atom stereocenters. The van der Waals surface area contributed by atoms with Crippen LogP contribution in [0.15, 0.2) is 18.3 Å². The van der Waals surface area contributed by atoms with E-state index in [2.05, 4.69) is 10.3 Å². The fourth-order valence-electron chi connectivity index (χ4n) is 1.96. The number of amides is 1. The van der Waals surface area contributed by atoms with Crippen LogP contribution in [0.3, 0.4) is 0 Å². The van der Waals surface area contributed by atoms with Crippen LogP contribution in [0.4, 0.5) is 5.69 Å². The van der Waals surface area contributed by atoms with Gasteiger partial charge in [-0.05, 0) is 25.3 Å². The Labute approximate surface area is 107 Å². The number of hydrogen-bond acceptors (Lipinski definition) is 4. The van der Waals surface area contributed by atoms with Crippen LogP contribution in [0.25, 0.3) is 0 Å². The summed E-state index contributed by atoms with van der Waals surface area (Å²) in [5.41, 5.74) is 0.688. The number of nitrogens with one attached hydrogen (secondary N) is 1. The van der Waals surface area contributed by atoms with Crippen molar-refractivity contribution in [2.24, 2.45) is 0 Å². The highest BCUT2D eigenvalue weighted by Crippen LogP contribution is 2.17. The first-order chi connectivity index (χ1) is 8.78. The zero-order chi connectivity index (χ0) is 12.8. The number of carbonyl (C=O) groups is 1. The average Bonchev–Trinajstić information content (AvgIpc) is 2.90. The van der Waals surface area contributed by atoms with E-state index in [1.807, 2.05) is 0 Å². The molecule has 0 radical (unpaired) electrons. The molecule has 1 aromatic rings. The first-order valence-electron chi connectivity index (χ1n) is 6.19. The quantitative estimate of drug-likeness (QED) is 0.868. The summed E-state index contributed by atoms with van der Waals surface area (Å²) in [7, 11) is 1.56. The van der Waals surface area contributed by atoms with Crippen molar-refractivity contribution < 1.29 is 14.3 Å². The summed E-state index contributed by atoms with van der Waals surface area (Å²) in [5.74, 6) is 0.532. The maximum Gasteiger partial charge on any atom is 0.224 e. The van der Waals surface area contributed by atoms with Gasteiger partial charge in [-0.25, -0.2) is 4.98 Å². The van der Waals surface area contributed by atoms with Crippen LogP contribution in [0.1, 0.15) is 25.7 Å². The Bertz CT molecular complexity index is 386. The van der Waals surface area contributed by atoms with Crippen LogP contribution < -0.4 is 10.1 Å². The standard InChI is InChI=1S/C13H18N2O3/c1-17-13-7-4-10(9-14-13)15-12(16)6-5-11-3-2-8-18-11/h4,7,9,11H,2-3,5-6,8H2,1H3,(H,15,16). The molecule has 1 aliphatic heterocycles. The minimum atomic E-state index is -0.00235. The zero-order valence-corrected chi connectivity index (χ0v) is 10.5. The number of methoxy groups -OCH3 is 1. The molecular formula is C13H18N2O3. The first kappa shape index (κ1) is 12.8. The summed E-state index contributed by atoms with van der Waals surface area (Å²) < 4.78 is 10.4. The van der Waals surface area contributed by atoms with Crippen LogP contribution in [0, 0.1) is 0 Å². The first-order valence-corrected chi connectivity index (χ1v) is 6.19. The lowest BCUT2D eigenvalue weighted by Crippen LogP contribution is -2.15. The van der Waals surface area contributed by atoms with E-state index in [0.717, 1.165) is 25.9 Å². The predicted octanol–water partition coefficient (Wildman–Crippen LogP) is 1.99. The van der Waals surface area contributed by atoms with Crippen LogP contribution in [-0.2, 0) is 9.53 Å². The molecule has 0 saturated carbocycles. The number of aromatic nitrogens is 1. The maximum atomic E-state index is 11.7. The number of nitrogens with zero attached hydrogens (tertiary/aromatic N) is 1. The second kappa shape index (κ2) is 6.35. The van der Waals surface area contributed by atoms with E-state index in [9.17, 15) is 4.79 Å². The largest absolute Gasteiger partial charge is 0.481 e. The molecule has 98 valence electrons. The Morgan fingerprint density at radius 2 is 2.50 bits per heavy atom. The molecule has 1 aliphatic rings. The van der Waals surface area contributed by atoms with Gasteiger partial charge >= 0.3 is 0 Å². The van der Waals surface area contributed by atoms with Gasteiger partial charge < -0.3 is 14.8 Å². The summed E-state index contributed by atoms with van der Waals surface area (Å²) in [5, 5.41) is 2.80. The topological polar surface area (TPSA) is 60.5 Å². The van der Waals surface area contributed by atoms with Crippen molar-refractivity contribution in [2.45, 2.75) is 31.8 Å². The highest BCUT2D eigenvalue weighted by molar-refractivity contribution is 5.90. The fourth-order valence-corrected chi connectivity index (χ4v) is 1.96. The molecule has 18 heavy (non-hydrogen) atoms. The summed E-state index contributed by atoms with van der Waals surface area (Å²) in [6, 6.07) is 3.49. The molecular weight excluding hydrogens is 232 g/mol. The highest BCUT2D eigenvalue weighted by Gasteiger charge is 2.16. The molecule has 2 rings (SSSR count). The van der Waals surface area contributed by atoms with Crippen LogP contribution >= 0.6 is 0 Å². The number of ether oxygens (including phenoxy) is 2. The molecule has 5 nitrogen and oxygen atoms in total. The van der Waals surface area contributed by atoms with Crippen molar-refractivity contribution in [1.82, 2.24) is 4.98 Å². The Hall–Kier alpha value is -1.62. The van der Waals surface area contributed by atoms with E-state index in [1.165, 1.54) is 0 Å². The minimum absolute atomic E-state index is 0.00235. The van der Waals surface area contributed by atoms with Gasteiger partial charge in [0.2, 0.25) is 11.8 Å². The zero-order valence-electron chi connectivity index (χ0n) is 10.5. The summed E-state index contributed by atoms with van der Waals surface area (Å²) in [4.78, 5) is 15.7. The van der Waals surface area contributed by atoms with Gasteiger partial charge in [0.05, 0.1) is 25.1 Å². The molecule has 0 spiro atoms. The Morgan fingerprint density at radius 1 is 1.61 bits per heavy atom. The van der Waals surface area contributed by atoms with Crippen LogP contribution in [-0.4, -0.2) is 30.7 Å². The molecule has 1 amide bonds. The molecule has 1 N–H and O–H groups in total. The monoisotopic (exact) mass is 250 g/mol. The Kier molecular flexibility index (Phi) is 4.52. The van der Waals surface area contributed by atoms with E-state index in [-0.39, 0.29) is 12.0 Å². The van der Waals surface area contributed by atoms with Crippen molar-refractivity contribution in [1.29, 1.82) is 0 Å². The highest BCUT2D eigenvalue weighted by atomic mass is 16.5. The fraction of sp³-hybridized carbons (Fsp3) is 0.538. The second-order valence-corrected chi connectivity index (χ2v) is 4.31. The lowest BCUT2D eigenvalue weighted by molar-refractivity contribution is -0.116. The average molecular weight is 250 g/mol. The van der Waals surface area contributed by atoms with Crippen molar-refractivity contribution in [3.63, 3.8) is 0 Å². The lowest BCUT2D eigenvalue weighted by Gasteiger charge is -2.09. The van der Waals surface area contributed by atoms with E-state index in [1.54, 1.807) is 25.4 Å². The van der Waals surface area contributed by atoms with E-state index < -0.39 is 0 Å². The van der Waals surface area contributed by atoms with Gasteiger partial charge in [-0.2, -0.15) is 0 Å². The number of anilines is 1.